The summed E-state index contributed by atoms with van der Waals surface area (Å²) in [5, 5.41) is 2.10. The Morgan fingerprint density at radius 3 is 3.36 bits per heavy atom. The van der Waals surface area contributed by atoms with E-state index < -0.39 is 0 Å². The molecule has 1 aromatic rings. The molecule has 3 heteroatoms. The standard InChI is InChI=1S/C11H8N2O/c1-2-9-6-10-8-14-5-4-13(10)7-11(9)12-3-1/h1-8H. The molecule has 2 aliphatic rings. The van der Waals surface area contributed by atoms with Crippen molar-refractivity contribution in [2.45, 2.75) is 0 Å². The average Bonchev–Trinajstić information content (AvgIpc) is 2.26. The maximum absolute atomic E-state index is 5.10. The molecule has 0 saturated heterocycles. The van der Waals surface area contributed by atoms with Crippen LogP contribution in [0.25, 0.3) is 12.3 Å². The molecule has 0 radical (unpaired) electrons. The Hall–Kier alpha value is -2.03. The van der Waals surface area contributed by atoms with E-state index in [1.54, 1.807) is 18.7 Å². The van der Waals surface area contributed by atoms with Crippen molar-refractivity contribution in [3.63, 3.8) is 0 Å². The van der Waals surface area contributed by atoms with Gasteiger partial charge in [-0.2, -0.15) is 0 Å². The Morgan fingerprint density at radius 1 is 1.36 bits per heavy atom. The van der Waals surface area contributed by atoms with Crippen LogP contribution in [0.15, 0.2) is 42.8 Å². The molecular weight excluding hydrogens is 176 g/mol. The average molecular weight is 184 g/mol. The summed E-state index contributed by atoms with van der Waals surface area (Å²) in [6, 6.07) is 3.97. The van der Waals surface area contributed by atoms with Gasteiger partial charge in [0.1, 0.15) is 12.5 Å². The fourth-order valence-electron chi connectivity index (χ4n) is 1.53. The fraction of sp³-hybridized carbons (Fsp3) is 0. The Morgan fingerprint density at radius 2 is 2.36 bits per heavy atom. The van der Waals surface area contributed by atoms with E-state index in [1.165, 1.54) is 0 Å². The third-order valence-electron chi connectivity index (χ3n) is 2.22. The summed E-state index contributed by atoms with van der Waals surface area (Å²) in [6.45, 7) is 0. The third kappa shape index (κ3) is 1.03. The van der Waals surface area contributed by atoms with Crippen molar-refractivity contribution in [1.82, 2.24) is 9.88 Å². The Balaban J connectivity index is 2.30. The zero-order valence-electron chi connectivity index (χ0n) is 7.42. The molecule has 3 heterocycles. The second-order valence-electron chi connectivity index (χ2n) is 3.12. The van der Waals surface area contributed by atoms with Crippen LogP contribution in [0.2, 0.25) is 0 Å². The molecule has 0 aliphatic carbocycles. The SMILES string of the molecule is C1=CN2C=c3ncccc3=CC2=CO1. The maximum atomic E-state index is 5.10. The second kappa shape index (κ2) is 2.73. The summed E-state index contributed by atoms with van der Waals surface area (Å²) >= 11 is 0. The van der Waals surface area contributed by atoms with Gasteiger partial charge in [-0.15, -0.1) is 0 Å². The molecule has 14 heavy (non-hydrogen) atoms. The van der Waals surface area contributed by atoms with Crippen LogP contribution in [0.5, 0.6) is 0 Å². The van der Waals surface area contributed by atoms with Gasteiger partial charge < -0.3 is 9.64 Å². The lowest BCUT2D eigenvalue weighted by molar-refractivity contribution is 0.365. The van der Waals surface area contributed by atoms with Crippen LogP contribution >= 0.6 is 0 Å². The molecule has 0 saturated carbocycles. The van der Waals surface area contributed by atoms with Crippen molar-refractivity contribution in [2.24, 2.45) is 0 Å². The number of pyridine rings is 1. The van der Waals surface area contributed by atoms with Crippen LogP contribution in [-0.2, 0) is 4.74 Å². The molecular formula is C11H8N2O. The van der Waals surface area contributed by atoms with Gasteiger partial charge in [-0.3, -0.25) is 4.98 Å². The van der Waals surface area contributed by atoms with Gasteiger partial charge in [-0.05, 0) is 12.1 Å². The second-order valence-corrected chi connectivity index (χ2v) is 3.12. The van der Waals surface area contributed by atoms with E-state index in [4.69, 9.17) is 4.74 Å². The van der Waals surface area contributed by atoms with E-state index in [1.807, 2.05) is 35.5 Å². The highest BCUT2D eigenvalue weighted by molar-refractivity contribution is 5.54. The van der Waals surface area contributed by atoms with E-state index in [0.717, 1.165) is 16.3 Å². The monoisotopic (exact) mass is 184 g/mol. The number of nitrogens with zero attached hydrogens (tertiary/aromatic N) is 2. The van der Waals surface area contributed by atoms with Crippen LogP contribution in [0, 0.1) is 0 Å². The van der Waals surface area contributed by atoms with Gasteiger partial charge in [0.15, 0.2) is 0 Å². The minimum absolute atomic E-state index is 0.983. The molecule has 68 valence electrons. The van der Waals surface area contributed by atoms with E-state index in [9.17, 15) is 0 Å². The van der Waals surface area contributed by atoms with Crippen molar-refractivity contribution in [3.05, 3.63) is 53.3 Å². The van der Waals surface area contributed by atoms with Gasteiger partial charge in [-0.25, -0.2) is 0 Å². The quantitative estimate of drug-likeness (QED) is 0.578. The summed E-state index contributed by atoms with van der Waals surface area (Å²) in [5.74, 6) is 0. The molecule has 0 spiro atoms. The first kappa shape index (κ1) is 7.38. The molecule has 1 aromatic heterocycles. The molecule has 0 aromatic carbocycles. The highest BCUT2D eigenvalue weighted by Gasteiger charge is 2.09. The minimum Gasteiger partial charge on any atom is -0.469 e. The largest absolute Gasteiger partial charge is 0.469 e. The molecule has 3 nitrogen and oxygen atoms in total. The van der Waals surface area contributed by atoms with Gasteiger partial charge in [0, 0.05) is 23.8 Å². The third-order valence-corrected chi connectivity index (χ3v) is 2.22. The highest BCUT2D eigenvalue weighted by atomic mass is 16.5. The summed E-state index contributed by atoms with van der Waals surface area (Å²) in [5.41, 5.74) is 1.02. The zero-order chi connectivity index (χ0) is 9.38. The lowest BCUT2D eigenvalue weighted by Crippen LogP contribution is -2.35. The van der Waals surface area contributed by atoms with Crippen molar-refractivity contribution in [2.75, 3.05) is 0 Å². The van der Waals surface area contributed by atoms with Crippen LogP contribution in [0.1, 0.15) is 0 Å². The number of rotatable bonds is 0. The van der Waals surface area contributed by atoms with Crippen molar-refractivity contribution < 1.29 is 4.74 Å². The molecule has 0 unspecified atom stereocenters. The number of hydrogen-bond donors (Lipinski definition) is 0. The number of ether oxygens (including phenoxy) is 1. The predicted molar refractivity (Wildman–Crippen MR) is 52.6 cm³/mol. The van der Waals surface area contributed by atoms with Gasteiger partial charge in [-0.1, -0.05) is 6.07 Å². The maximum Gasteiger partial charge on any atom is 0.114 e. The number of hydrogen-bond acceptors (Lipinski definition) is 3. The molecule has 0 bridgehead atoms. The van der Waals surface area contributed by atoms with E-state index in [0.29, 0.717) is 0 Å². The van der Waals surface area contributed by atoms with Crippen LogP contribution in [-0.4, -0.2) is 9.88 Å². The number of allylic oxidation sites excluding steroid dienone is 1. The first-order chi connectivity index (χ1) is 6.93. The van der Waals surface area contributed by atoms with Crippen molar-refractivity contribution in [1.29, 1.82) is 0 Å². The zero-order valence-corrected chi connectivity index (χ0v) is 7.42. The molecule has 2 aliphatic heterocycles. The van der Waals surface area contributed by atoms with Gasteiger partial charge in [0.25, 0.3) is 0 Å². The first-order valence-corrected chi connectivity index (χ1v) is 4.39. The van der Waals surface area contributed by atoms with Crippen molar-refractivity contribution >= 4 is 12.3 Å². The summed E-state index contributed by atoms with van der Waals surface area (Å²) < 4.78 is 5.10. The summed E-state index contributed by atoms with van der Waals surface area (Å²) in [7, 11) is 0. The van der Waals surface area contributed by atoms with Gasteiger partial charge in [0.05, 0.1) is 11.0 Å². The lowest BCUT2D eigenvalue weighted by Gasteiger charge is -2.21. The van der Waals surface area contributed by atoms with E-state index in [2.05, 4.69) is 4.98 Å². The fourth-order valence-corrected chi connectivity index (χ4v) is 1.53. The van der Waals surface area contributed by atoms with Crippen LogP contribution in [0.3, 0.4) is 0 Å². The van der Waals surface area contributed by atoms with E-state index >= 15 is 0 Å². The van der Waals surface area contributed by atoms with Crippen LogP contribution < -0.4 is 10.6 Å². The molecule has 3 rings (SSSR count). The van der Waals surface area contributed by atoms with Crippen LogP contribution in [0.4, 0.5) is 0 Å². The molecule has 0 fully saturated rings. The van der Waals surface area contributed by atoms with E-state index in [-0.39, 0.29) is 0 Å². The van der Waals surface area contributed by atoms with Gasteiger partial charge >= 0.3 is 0 Å². The summed E-state index contributed by atoms with van der Waals surface area (Å²) in [4.78, 5) is 6.26. The minimum atomic E-state index is 0.983. The Labute approximate surface area is 80.9 Å². The molecule has 0 atom stereocenters. The number of aromatic nitrogens is 1. The Kier molecular flexibility index (Phi) is 1.44. The Bertz CT molecular complexity index is 543. The predicted octanol–water partition coefficient (Wildman–Crippen LogP) is 0.258. The summed E-state index contributed by atoms with van der Waals surface area (Å²) in [6.07, 6.45) is 11.0. The molecule has 0 N–H and O–H groups in total. The van der Waals surface area contributed by atoms with Gasteiger partial charge in [0.2, 0.25) is 0 Å². The molecule has 0 amide bonds. The van der Waals surface area contributed by atoms with Crippen molar-refractivity contribution in [3.8, 4) is 0 Å². The normalized spacial score (nSPS) is 16.9. The topological polar surface area (TPSA) is 25.4 Å². The highest BCUT2D eigenvalue weighted by Crippen LogP contribution is 2.13. The lowest BCUT2D eigenvalue weighted by atomic mass is 10.2. The smallest absolute Gasteiger partial charge is 0.114 e. The number of fused-ring (bicyclic) bond motifs is 2. The first-order valence-electron chi connectivity index (χ1n) is 4.39.